The molecular formula is C48H60N8O15. The third-order valence-electron chi connectivity index (χ3n) is 10.7. The first-order chi connectivity index (χ1) is 33.6. The van der Waals surface area contributed by atoms with Crippen LogP contribution < -0.4 is 43.0 Å². The van der Waals surface area contributed by atoms with E-state index in [-0.39, 0.29) is 48.7 Å². The number of amides is 8. The number of rotatable bonds is 29. The first kappa shape index (κ1) is 57.1. The number of carboxylic acids is 2. The number of aliphatic carboxylic acids is 2. The number of hydrogen-bond acceptors (Lipinski definition) is 13. The van der Waals surface area contributed by atoms with Crippen LogP contribution in [0.25, 0.3) is 0 Å². The third-order valence-corrected chi connectivity index (χ3v) is 10.7. The topological polar surface area (TPSA) is 379 Å². The van der Waals surface area contributed by atoms with Gasteiger partial charge in [0.05, 0.1) is 13.2 Å². The number of aliphatic hydroxyl groups excluding tert-OH is 1. The van der Waals surface area contributed by atoms with Gasteiger partial charge in [-0.2, -0.15) is 0 Å². The molecule has 6 atom stereocenters. The van der Waals surface area contributed by atoms with Crippen LogP contribution in [0.2, 0.25) is 0 Å². The van der Waals surface area contributed by atoms with Crippen molar-refractivity contribution in [2.45, 2.75) is 102 Å². The lowest BCUT2D eigenvalue weighted by Crippen LogP contribution is -2.60. The van der Waals surface area contributed by atoms with Gasteiger partial charge in [-0.25, -0.2) is 0 Å². The summed E-state index contributed by atoms with van der Waals surface area (Å²) in [7, 11) is 0. The largest absolute Gasteiger partial charge is 0.508 e. The van der Waals surface area contributed by atoms with E-state index >= 15 is 0 Å². The fourth-order valence-corrected chi connectivity index (χ4v) is 6.76. The number of nitrogens with one attached hydrogen (secondary N) is 7. The van der Waals surface area contributed by atoms with E-state index in [0.29, 0.717) is 16.7 Å². The van der Waals surface area contributed by atoms with E-state index in [2.05, 4.69) is 37.2 Å². The van der Waals surface area contributed by atoms with Gasteiger partial charge in [0.1, 0.15) is 42.0 Å². The number of primary amides is 1. The zero-order valence-electron chi connectivity index (χ0n) is 39.3. The summed E-state index contributed by atoms with van der Waals surface area (Å²) in [6.45, 7) is 2.95. The van der Waals surface area contributed by atoms with Crippen LogP contribution in [0.4, 0.5) is 0 Å². The highest BCUT2D eigenvalue weighted by Gasteiger charge is 2.33. The molecule has 0 aliphatic carbocycles. The molecule has 3 rings (SSSR count). The first-order valence-corrected chi connectivity index (χ1v) is 22.5. The molecule has 0 fully saturated rings. The van der Waals surface area contributed by atoms with E-state index in [1.807, 2.05) is 0 Å². The Morgan fingerprint density at radius 1 is 0.535 bits per heavy atom. The summed E-state index contributed by atoms with van der Waals surface area (Å²) in [5.74, 6) is -10.7. The van der Waals surface area contributed by atoms with Crippen molar-refractivity contribution in [1.82, 2.24) is 37.2 Å². The highest BCUT2D eigenvalue weighted by molar-refractivity contribution is 6.09. The SMILES string of the molecule is CC(C)C[C@H](NC(=O)[C@H](CO)NC(=O)[C@H](CCC(=O)O)NC(=O)CNC(=O)[C@H](C)NC(=O)c1ccc(C(=O)c2ccccc2)cc1)C(=O)N[C@@H](CCc1ccc(O)cc1)C(=O)N[C@@H](CCC(=O)O)C(N)=O. The number of aromatic hydroxyl groups is 1. The molecule has 71 heavy (non-hydrogen) atoms. The Kier molecular flexibility index (Phi) is 22.8. The Morgan fingerprint density at radius 2 is 1.01 bits per heavy atom. The number of phenols is 1. The number of carbonyl (C=O) groups is 11. The molecule has 8 amide bonds. The molecule has 3 aromatic carbocycles. The molecule has 0 aliphatic heterocycles. The summed E-state index contributed by atoms with van der Waals surface area (Å²) < 4.78 is 0. The number of hydrogen-bond donors (Lipinski definition) is 12. The van der Waals surface area contributed by atoms with Crippen molar-refractivity contribution >= 4 is 65.0 Å². The standard InChI is InChI=1S/C48H60N8O15/c1-26(2)23-36(47(70)54-35(18-11-28-9-16-32(58)17-10-28)46(69)53-33(42(49)65)19-21-39(60)61)55-48(71)37(25-57)56-45(68)34(20-22-40(62)63)52-38(59)24-50-43(66)27(3)51-44(67)31-14-12-30(13-15-31)41(64)29-7-5-4-6-8-29/h4-10,12-17,26-27,33-37,57-58H,11,18-25H2,1-3H3,(H2,49,65)(H,50,66)(H,51,67)(H,52,59)(H,53,69)(H,54,70)(H,55,71)(H,56,68)(H,60,61)(H,62,63)/t27-,33-,34-,35-,36-,37-/m0/s1. The van der Waals surface area contributed by atoms with Gasteiger partial charge >= 0.3 is 11.9 Å². The van der Waals surface area contributed by atoms with Crippen LogP contribution >= 0.6 is 0 Å². The van der Waals surface area contributed by atoms with E-state index in [1.54, 1.807) is 56.3 Å². The molecule has 0 heterocycles. The lowest BCUT2D eigenvalue weighted by atomic mass is 10.00. The van der Waals surface area contributed by atoms with Crippen LogP contribution in [-0.4, -0.2) is 135 Å². The van der Waals surface area contributed by atoms with Gasteiger partial charge in [0.15, 0.2) is 5.78 Å². The summed E-state index contributed by atoms with van der Waals surface area (Å²) in [5.41, 5.74) is 6.96. The second kappa shape index (κ2) is 28.3. The maximum absolute atomic E-state index is 13.9. The molecule has 0 bridgehead atoms. The zero-order chi connectivity index (χ0) is 52.8. The molecular weight excluding hydrogens is 929 g/mol. The lowest BCUT2D eigenvalue weighted by Gasteiger charge is -2.27. The van der Waals surface area contributed by atoms with Crippen molar-refractivity contribution in [3.63, 3.8) is 0 Å². The van der Waals surface area contributed by atoms with E-state index in [1.165, 1.54) is 43.3 Å². The predicted octanol–water partition coefficient (Wildman–Crippen LogP) is -0.832. The molecule has 23 heteroatoms. The molecule has 0 saturated heterocycles. The van der Waals surface area contributed by atoms with E-state index in [4.69, 9.17) is 10.8 Å². The van der Waals surface area contributed by atoms with Gasteiger partial charge < -0.3 is 63.4 Å². The summed E-state index contributed by atoms with van der Waals surface area (Å²) in [6.07, 6.45) is -2.03. The maximum Gasteiger partial charge on any atom is 0.303 e. The van der Waals surface area contributed by atoms with Gasteiger partial charge in [-0.15, -0.1) is 0 Å². The lowest BCUT2D eigenvalue weighted by molar-refractivity contribution is -0.139. The molecule has 0 radical (unpaired) electrons. The summed E-state index contributed by atoms with van der Waals surface area (Å²) in [4.78, 5) is 141. The van der Waals surface area contributed by atoms with Crippen LogP contribution in [-0.2, 0) is 49.6 Å². The molecule has 0 unspecified atom stereocenters. The van der Waals surface area contributed by atoms with Gasteiger partial charge in [-0.1, -0.05) is 68.4 Å². The molecule has 0 saturated carbocycles. The highest BCUT2D eigenvalue weighted by Crippen LogP contribution is 2.15. The molecule has 0 spiro atoms. The third kappa shape index (κ3) is 19.7. The maximum atomic E-state index is 13.9. The quantitative estimate of drug-likeness (QED) is 0.0378. The molecule has 0 aromatic heterocycles. The number of aliphatic hydroxyl groups is 1. The average Bonchev–Trinajstić information content (AvgIpc) is 3.33. The second-order valence-electron chi connectivity index (χ2n) is 16.8. The zero-order valence-corrected chi connectivity index (χ0v) is 39.3. The number of phenolic OH excluding ortho intramolecular Hbond substituents is 1. The molecule has 3 aromatic rings. The number of carbonyl (C=O) groups excluding carboxylic acids is 9. The minimum atomic E-state index is -1.78. The van der Waals surface area contributed by atoms with Gasteiger partial charge in [-0.3, -0.25) is 52.7 Å². The molecule has 23 nitrogen and oxygen atoms in total. The number of carboxylic acid groups (broad SMARTS) is 2. The number of benzene rings is 3. The Hall–Kier alpha value is -8.21. The second-order valence-corrected chi connectivity index (χ2v) is 16.8. The smallest absolute Gasteiger partial charge is 0.303 e. The highest BCUT2D eigenvalue weighted by atomic mass is 16.4. The number of aryl methyl sites for hydroxylation is 1. The van der Waals surface area contributed by atoms with Gasteiger partial charge in [0, 0.05) is 29.5 Å². The average molecular weight is 989 g/mol. The molecule has 13 N–H and O–H groups in total. The summed E-state index contributed by atoms with van der Waals surface area (Å²) in [6, 6.07) is 11.3. The van der Waals surface area contributed by atoms with Crippen LogP contribution in [0.5, 0.6) is 5.75 Å². The van der Waals surface area contributed by atoms with Gasteiger partial charge in [0.2, 0.25) is 41.4 Å². The Morgan fingerprint density at radius 3 is 1.56 bits per heavy atom. The fourth-order valence-electron chi connectivity index (χ4n) is 6.76. The van der Waals surface area contributed by atoms with Crippen molar-refractivity contribution in [1.29, 1.82) is 0 Å². The van der Waals surface area contributed by atoms with Crippen LogP contribution in [0.1, 0.15) is 91.1 Å². The first-order valence-electron chi connectivity index (χ1n) is 22.5. The Balaban J connectivity index is 1.66. The van der Waals surface area contributed by atoms with Crippen molar-refractivity contribution < 1.29 is 73.2 Å². The van der Waals surface area contributed by atoms with Crippen LogP contribution in [0.3, 0.4) is 0 Å². The van der Waals surface area contributed by atoms with Crippen molar-refractivity contribution in [3.05, 3.63) is 101 Å². The van der Waals surface area contributed by atoms with Crippen molar-refractivity contribution in [3.8, 4) is 5.75 Å². The van der Waals surface area contributed by atoms with Crippen molar-refractivity contribution in [2.24, 2.45) is 11.7 Å². The molecule has 0 aliphatic rings. The Bertz CT molecular complexity index is 2380. The number of nitrogens with two attached hydrogens (primary N) is 1. The van der Waals surface area contributed by atoms with Crippen LogP contribution in [0.15, 0.2) is 78.9 Å². The van der Waals surface area contributed by atoms with Crippen LogP contribution in [0, 0.1) is 5.92 Å². The summed E-state index contributed by atoms with van der Waals surface area (Å²) in [5, 5.41) is 54.9. The minimum absolute atomic E-state index is 0.0270. The number of ketones is 1. The minimum Gasteiger partial charge on any atom is -0.508 e. The fraction of sp³-hybridized carbons (Fsp3) is 0.396. The normalized spacial score (nSPS) is 13.4. The van der Waals surface area contributed by atoms with Crippen molar-refractivity contribution in [2.75, 3.05) is 13.2 Å². The molecule has 382 valence electrons. The summed E-state index contributed by atoms with van der Waals surface area (Å²) >= 11 is 0. The monoisotopic (exact) mass is 988 g/mol. The predicted molar refractivity (Wildman–Crippen MR) is 252 cm³/mol. The van der Waals surface area contributed by atoms with E-state index in [9.17, 15) is 68.1 Å². The Labute approximate surface area is 408 Å². The van der Waals surface area contributed by atoms with E-state index < -0.39 is 128 Å². The van der Waals surface area contributed by atoms with E-state index in [0.717, 1.165) is 0 Å². The van der Waals surface area contributed by atoms with Gasteiger partial charge in [0.25, 0.3) is 5.91 Å². The van der Waals surface area contributed by atoms with Gasteiger partial charge in [-0.05, 0) is 74.8 Å².